The summed E-state index contributed by atoms with van der Waals surface area (Å²) < 4.78 is 14.7. The summed E-state index contributed by atoms with van der Waals surface area (Å²) in [7, 11) is 0. The second kappa shape index (κ2) is 12.5. The molecule has 0 atom stereocenters. The first-order valence-electron chi connectivity index (χ1n) is 20.1. The first-order valence-corrected chi connectivity index (χ1v) is 20.9. The smallest absolute Gasteiger partial charge is 0.143 e. The van der Waals surface area contributed by atoms with Crippen molar-refractivity contribution in [2.24, 2.45) is 0 Å². The second-order valence-electron chi connectivity index (χ2n) is 15.4. The van der Waals surface area contributed by atoms with Gasteiger partial charge in [0.2, 0.25) is 0 Å². The van der Waals surface area contributed by atoms with E-state index in [4.69, 9.17) is 8.83 Å². The van der Waals surface area contributed by atoms with Crippen LogP contribution in [0.15, 0.2) is 203 Å². The monoisotopic (exact) mass is 768 g/mol. The van der Waals surface area contributed by atoms with Crippen LogP contribution < -0.4 is 0 Å². The third-order valence-corrected chi connectivity index (χ3v) is 13.5. The molecule has 0 saturated carbocycles. The fourth-order valence-corrected chi connectivity index (χ4v) is 11.0. The van der Waals surface area contributed by atoms with Crippen molar-refractivity contribution < 1.29 is 8.83 Å². The molecule has 3 heteroatoms. The fourth-order valence-electron chi connectivity index (χ4n) is 9.78. The van der Waals surface area contributed by atoms with Crippen molar-refractivity contribution in [3.8, 4) is 43.8 Å². The van der Waals surface area contributed by atoms with E-state index in [1.54, 1.807) is 0 Å². The molecule has 10 aromatic carbocycles. The van der Waals surface area contributed by atoms with Crippen molar-refractivity contribution in [2.75, 3.05) is 0 Å². The summed E-state index contributed by atoms with van der Waals surface area (Å²) in [5.41, 5.74) is 12.1. The van der Waals surface area contributed by atoms with Gasteiger partial charge in [0.25, 0.3) is 0 Å². The van der Waals surface area contributed by atoms with Gasteiger partial charge in [-0.15, -0.1) is 11.3 Å². The molecule has 274 valence electrons. The molecular formula is C56H32O2S. The van der Waals surface area contributed by atoms with E-state index in [0.29, 0.717) is 0 Å². The Morgan fingerprint density at radius 3 is 1.51 bits per heavy atom. The Kier molecular flexibility index (Phi) is 6.92. The molecule has 3 aromatic heterocycles. The lowest BCUT2D eigenvalue weighted by Gasteiger charge is -2.18. The predicted octanol–water partition coefficient (Wildman–Crippen LogP) is 16.8. The summed E-state index contributed by atoms with van der Waals surface area (Å²) in [5.74, 6) is 0. The van der Waals surface area contributed by atoms with Gasteiger partial charge in [0, 0.05) is 47.5 Å². The molecule has 0 fully saturated rings. The maximum atomic E-state index is 6.81. The molecule has 0 bridgehead atoms. The summed E-state index contributed by atoms with van der Waals surface area (Å²) in [5, 5.41) is 12.9. The van der Waals surface area contributed by atoms with Crippen LogP contribution in [0.5, 0.6) is 0 Å². The van der Waals surface area contributed by atoms with Crippen LogP contribution >= 0.6 is 11.3 Å². The molecule has 0 aliphatic carbocycles. The average molecular weight is 769 g/mol. The molecule has 0 N–H and O–H groups in total. The molecule has 0 amide bonds. The number of rotatable bonds is 4. The molecule has 0 saturated heterocycles. The van der Waals surface area contributed by atoms with Gasteiger partial charge in [-0.05, 0) is 90.6 Å². The largest absolute Gasteiger partial charge is 0.456 e. The van der Waals surface area contributed by atoms with E-state index in [2.05, 4.69) is 194 Å². The highest BCUT2D eigenvalue weighted by molar-refractivity contribution is 7.23. The molecular weight excluding hydrogens is 737 g/mol. The van der Waals surface area contributed by atoms with E-state index in [1.165, 1.54) is 75.3 Å². The molecule has 0 aliphatic rings. The highest BCUT2D eigenvalue weighted by atomic mass is 32.1. The van der Waals surface area contributed by atoms with Crippen molar-refractivity contribution in [3.63, 3.8) is 0 Å². The number of thiophene rings is 1. The van der Waals surface area contributed by atoms with Gasteiger partial charge in [-0.2, -0.15) is 0 Å². The summed E-state index contributed by atoms with van der Waals surface area (Å²) >= 11 is 1.84. The Bertz CT molecular complexity index is 3770. The van der Waals surface area contributed by atoms with Gasteiger partial charge in [0.05, 0.1) is 0 Å². The van der Waals surface area contributed by atoms with Gasteiger partial charge in [0.15, 0.2) is 0 Å². The van der Waals surface area contributed by atoms with Crippen LogP contribution in [0.3, 0.4) is 0 Å². The van der Waals surface area contributed by atoms with Crippen LogP contribution in [0.2, 0.25) is 0 Å². The van der Waals surface area contributed by atoms with Gasteiger partial charge in [-0.25, -0.2) is 0 Å². The van der Waals surface area contributed by atoms with Crippen molar-refractivity contribution in [2.45, 2.75) is 0 Å². The molecule has 3 heterocycles. The Hall–Kier alpha value is -7.46. The van der Waals surface area contributed by atoms with E-state index < -0.39 is 0 Å². The first-order chi connectivity index (χ1) is 29.3. The lowest BCUT2D eigenvalue weighted by atomic mass is 9.84. The Morgan fingerprint density at radius 1 is 0.322 bits per heavy atom. The van der Waals surface area contributed by atoms with Crippen molar-refractivity contribution in [1.82, 2.24) is 0 Å². The van der Waals surface area contributed by atoms with Crippen LogP contribution in [-0.4, -0.2) is 0 Å². The minimum Gasteiger partial charge on any atom is -0.456 e. The number of fused-ring (bicyclic) bond motifs is 11. The normalized spacial score (nSPS) is 12.1. The standard InChI is InChI=1S/C56H32O2S/c1-3-16-34(17-4-1)50-45-31-44-48(32-49(45)59-56(50)35-18-5-2-6-19-35)57-46-27-13-26-42(54(44)46)52-39-23-11-9-21-37(39)51(38-22-10-12-24-40(38)52)41-25-14-28-47-53(41)43-30-29-33-15-7-8-20-36(33)55(43)58-47/h1-32H. The predicted molar refractivity (Wildman–Crippen MR) is 251 cm³/mol. The highest BCUT2D eigenvalue weighted by Crippen LogP contribution is 2.51. The van der Waals surface area contributed by atoms with Crippen molar-refractivity contribution in [1.29, 1.82) is 0 Å². The Balaban J connectivity index is 1.12. The average Bonchev–Trinajstić information content (AvgIpc) is 3.99. The lowest BCUT2D eigenvalue weighted by Crippen LogP contribution is -1.91. The van der Waals surface area contributed by atoms with Gasteiger partial charge in [0.1, 0.15) is 22.3 Å². The highest BCUT2D eigenvalue weighted by Gasteiger charge is 2.24. The molecule has 13 aromatic rings. The van der Waals surface area contributed by atoms with Crippen LogP contribution in [0, 0.1) is 0 Å². The van der Waals surface area contributed by atoms with Crippen LogP contribution in [0.25, 0.3) is 130 Å². The zero-order valence-corrected chi connectivity index (χ0v) is 32.5. The quantitative estimate of drug-likeness (QED) is 0.167. The summed E-state index contributed by atoms with van der Waals surface area (Å²) in [6.45, 7) is 0. The molecule has 2 nitrogen and oxygen atoms in total. The minimum atomic E-state index is 0.888. The summed E-state index contributed by atoms with van der Waals surface area (Å²) in [6, 6.07) is 70.1. The summed E-state index contributed by atoms with van der Waals surface area (Å²) in [6.07, 6.45) is 0. The maximum Gasteiger partial charge on any atom is 0.143 e. The molecule has 59 heavy (non-hydrogen) atoms. The van der Waals surface area contributed by atoms with E-state index in [1.807, 2.05) is 11.3 Å². The van der Waals surface area contributed by atoms with E-state index in [9.17, 15) is 0 Å². The van der Waals surface area contributed by atoms with E-state index in [0.717, 1.165) is 54.8 Å². The minimum absolute atomic E-state index is 0.888. The fraction of sp³-hybridized carbons (Fsp3) is 0. The number of hydrogen-bond acceptors (Lipinski definition) is 3. The van der Waals surface area contributed by atoms with Gasteiger partial charge >= 0.3 is 0 Å². The second-order valence-corrected chi connectivity index (χ2v) is 16.5. The van der Waals surface area contributed by atoms with Crippen molar-refractivity contribution >= 4 is 97.6 Å². The maximum absolute atomic E-state index is 6.81. The van der Waals surface area contributed by atoms with Crippen molar-refractivity contribution in [3.05, 3.63) is 194 Å². The van der Waals surface area contributed by atoms with E-state index >= 15 is 0 Å². The van der Waals surface area contributed by atoms with E-state index in [-0.39, 0.29) is 0 Å². The molecule has 0 aliphatic heterocycles. The molecule has 13 rings (SSSR count). The summed E-state index contributed by atoms with van der Waals surface area (Å²) in [4.78, 5) is 1.27. The third-order valence-electron chi connectivity index (χ3n) is 12.3. The van der Waals surface area contributed by atoms with Crippen LogP contribution in [-0.2, 0) is 0 Å². The van der Waals surface area contributed by atoms with Crippen LogP contribution in [0.1, 0.15) is 0 Å². The number of hydrogen-bond donors (Lipinski definition) is 0. The van der Waals surface area contributed by atoms with Crippen LogP contribution in [0.4, 0.5) is 0 Å². The van der Waals surface area contributed by atoms with Gasteiger partial charge < -0.3 is 8.83 Å². The molecule has 0 radical (unpaired) electrons. The Morgan fingerprint density at radius 2 is 0.864 bits per heavy atom. The Labute approximate surface area is 342 Å². The zero-order chi connectivity index (χ0) is 38.6. The van der Waals surface area contributed by atoms with Gasteiger partial charge in [-0.3, -0.25) is 0 Å². The first kappa shape index (κ1) is 32.6. The lowest BCUT2D eigenvalue weighted by molar-refractivity contribution is 0.669. The third kappa shape index (κ3) is 4.74. The van der Waals surface area contributed by atoms with Gasteiger partial charge in [-0.1, -0.05) is 164 Å². The molecule has 0 spiro atoms. The topological polar surface area (TPSA) is 26.3 Å². The number of furan rings is 2. The number of benzene rings is 10. The molecule has 0 unspecified atom stereocenters. The SMILES string of the molecule is c1ccc(-c2sc3cc4oc5cccc(-c6c7ccccc7c(-c7cccc8oc9c%10ccccc%10ccc9c78)c7ccccc67)c5c4cc3c2-c2ccccc2)cc1. The zero-order valence-electron chi connectivity index (χ0n) is 31.7.